The molecular formula is C32H39F2N7O9. The van der Waals surface area contributed by atoms with Crippen LogP contribution in [0.25, 0.3) is 5.69 Å². The number of carbonyl (C=O) groups is 6. The number of hydrogen-bond donors (Lipinski definition) is 3. The average Bonchev–Trinajstić information content (AvgIpc) is 3.58. The Hall–Kier alpha value is -5.29. The molecule has 2 aromatic rings. The number of likely N-dealkylation sites (tertiary alicyclic amines) is 1. The van der Waals surface area contributed by atoms with Gasteiger partial charge in [-0.05, 0) is 51.2 Å². The zero-order chi connectivity index (χ0) is 35.9. The number of rotatable bonds is 13. The predicted octanol–water partition coefficient (Wildman–Crippen LogP) is 1.06. The number of benzene rings is 1. The number of carboxylic acids is 1. The Labute approximate surface area is 285 Å². The summed E-state index contributed by atoms with van der Waals surface area (Å²) in [5.74, 6) is -5.97. The molecule has 16 nitrogen and oxygen atoms in total. The predicted molar refractivity (Wildman–Crippen MR) is 168 cm³/mol. The Morgan fingerprint density at radius 3 is 2.36 bits per heavy atom. The van der Waals surface area contributed by atoms with Crippen molar-refractivity contribution in [2.24, 2.45) is 0 Å². The van der Waals surface area contributed by atoms with Crippen molar-refractivity contribution >= 4 is 35.7 Å². The molecule has 5 amide bonds. The third-order valence-corrected chi connectivity index (χ3v) is 8.57. The molecule has 1 aromatic heterocycles. The average molecular weight is 704 g/mol. The van der Waals surface area contributed by atoms with Gasteiger partial charge in [-0.15, -0.1) is 0 Å². The highest BCUT2D eigenvalue weighted by Gasteiger charge is 2.37. The monoisotopic (exact) mass is 703 g/mol. The van der Waals surface area contributed by atoms with Crippen molar-refractivity contribution in [2.75, 3.05) is 45.9 Å². The van der Waals surface area contributed by atoms with Gasteiger partial charge in [-0.1, -0.05) is 0 Å². The first-order chi connectivity index (χ1) is 23.9. The number of nitrogens with one attached hydrogen (secondary N) is 2. The van der Waals surface area contributed by atoms with E-state index in [4.69, 9.17) is 9.47 Å². The lowest BCUT2D eigenvalue weighted by Gasteiger charge is -2.35. The summed E-state index contributed by atoms with van der Waals surface area (Å²) in [6.07, 6.45) is 1.66. The Morgan fingerprint density at radius 1 is 0.980 bits per heavy atom. The summed E-state index contributed by atoms with van der Waals surface area (Å²) in [6, 6.07) is 2.14. The lowest BCUT2D eigenvalue weighted by atomic mass is 10.1. The Balaban J connectivity index is 1.32. The normalized spacial score (nSPS) is 18.0. The number of hydrogen-bond acceptors (Lipinski definition) is 9. The lowest BCUT2D eigenvalue weighted by Crippen LogP contribution is -2.56. The number of carbonyl (C=O) groups excluding carboxylic acids is 5. The standard InChI is InChI=1S/C32H39F2N7O9/c1-2-49-32(48)39-14-12-38(13-15-39)31(47)23(9-10-28(43)44)36-29(45)24-17-27(41(37-24)20-7-8-21(33)22(34)16-20)50-18-26(42)40-11-3-4-25(40)30(46)35-19-5-6-19/h7-8,16-17,19,23,25H,2-6,9-15,18H2,1H3,(H,35,46)(H,36,45)(H,43,44). The van der Waals surface area contributed by atoms with Crippen LogP contribution < -0.4 is 15.4 Å². The van der Waals surface area contributed by atoms with Gasteiger partial charge in [-0.3, -0.25) is 24.0 Å². The zero-order valence-electron chi connectivity index (χ0n) is 27.4. The fourth-order valence-corrected chi connectivity index (χ4v) is 5.76. The highest BCUT2D eigenvalue weighted by atomic mass is 19.2. The highest BCUT2D eigenvalue weighted by molar-refractivity contribution is 5.96. The number of piperazine rings is 1. The molecule has 50 heavy (non-hydrogen) atoms. The molecule has 1 saturated carbocycles. The molecule has 0 radical (unpaired) electrons. The van der Waals surface area contributed by atoms with Gasteiger partial charge in [0, 0.05) is 57.3 Å². The third kappa shape index (κ3) is 8.83. The number of carboxylic acid groups (broad SMARTS) is 1. The number of amides is 5. The van der Waals surface area contributed by atoms with E-state index < -0.39 is 66.5 Å². The number of aliphatic carboxylic acids is 1. The molecule has 18 heteroatoms. The van der Waals surface area contributed by atoms with Crippen molar-refractivity contribution in [1.29, 1.82) is 0 Å². The molecule has 2 atom stereocenters. The second-order valence-corrected chi connectivity index (χ2v) is 12.2. The number of ether oxygens (including phenoxy) is 2. The van der Waals surface area contributed by atoms with Crippen LogP contribution in [0.3, 0.4) is 0 Å². The Morgan fingerprint density at radius 2 is 1.70 bits per heavy atom. The van der Waals surface area contributed by atoms with Gasteiger partial charge in [0.2, 0.25) is 17.7 Å². The zero-order valence-corrected chi connectivity index (χ0v) is 27.4. The fraction of sp³-hybridized carbons (Fsp3) is 0.531. The molecule has 2 aliphatic heterocycles. The first-order valence-corrected chi connectivity index (χ1v) is 16.5. The summed E-state index contributed by atoms with van der Waals surface area (Å²) in [6.45, 7) is 2.21. The Kier molecular flexibility index (Phi) is 11.5. The summed E-state index contributed by atoms with van der Waals surface area (Å²) in [5, 5.41) is 18.9. The topological polar surface area (TPSA) is 193 Å². The minimum absolute atomic E-state index is 0.0498. The molecule has 5 rings (SSSR count). The minimum Gasteiger partial charge on any atom is -0.481 e. The van der Waals surface area contributed by atoms with Crippen LogP contribution in [-0.2, 0) is 23.9 Å². The van der Waals surface area contributed by atoms with Gasteiger partial charge in [0.05, 0.1) is 12.3 Å². The lowest BCUT2D eigenvalue weighted by molar-refractivity contribution is -0.140. The van der Waals surface area contributed by atoms with E-state index in [9.17, 15) is 42.7 Å². The van der Waals surface area contributed by atoms with E-state index in [0.717, 1.165) is 35.7 Å². The third-order valence-electron chi connectivity index (χ3n) is 8.57. The summed E-state index contributed by atoms with van der Waals surface area (Å²) >= 11 is 0. The van der Waals surface area contributed by atoms with Crippen LogP contribution in [0.4, 0.5) is 13.6 Å². The van der Waals surface area contributed by atoms with Crippen LogP contribution in [0.2, 0.25) is 0 Å². The second-order valence-electron chi connectivity index (χ2n) is 12.2. The summed E-state index contributed by atoms with van der Waals surface area (Å²) in [5.41, 5.74) is -0.383. The summed E-state index contributed by atoms with van der Waals surface area (Å²) < 4.78 is 39.7. The first-order valence-electron chi connectivity index (χ1n) is 16.5. The van der Waals surface area contributed by atoms with E-state index in [1.54, 1.807) is 6.92 Å². The van der Waals surface area contributed by atoms with E-state index in [0.29, 0.717) is 19.4 Å². The molecule has 2 saturated heterocycles. The molecule has 0 spiro atoms. The maximum atomic E-state index is 14.2. The van der Waals surface area contributed by atoms with Crippen molar-refractivity contribution in [3.05, 3.63) is 41.6 Å². The fourth-order valence-electron chi connectivity index (χ4n) is 5.76. The Bertz CT molecular complexity index is 1620. The van der Waals surface area contributed by atoms with Crippen LogP contribution in [0.5, 0.6) is 5.88 Å². The van der Waals surface area contributed by atoms with Gasteiger partial charge in [0.1, 0.15) is 12.1 Å². The van der Waals surface area contributed by atoms with E-state index in [1.165, 1.54) is 20.8 Å². The van der Waals surface area contributed by atoms with E-state index in [1.807, 2.05) is 0 Å². The van der Waals surface area contributed by atoms with E-state index >= 15 is 0 Å². The van der Waals surface area contributed by atoms with E-state index in [2.05, 4.69) is 15.7 Å². The van der Waals surface area contributed by atoms with Crippen molar-refractivity contribution in [2.45, 2.75) is 63.6 Å². The molecule has 1 aliphatic carbocycles. The molecule has 3 fully saturated rings. The largest absolute Gasteiger partial charge is 0.481 e. The van der Waals surface area contributed by atoms with Crippen LogP contribution in [-0.4, -0.2) is 129 Å². The molecule has 0 bridgehead atoms. The van der Waals surface area contributed by atoms with Crippen LogP contribution in [0, 0.1) is 11.6 Å². The first kappa shape index (κ1) is 36.0. The van der Waals surface area contributed by atoms with Gasteiger partial charge in [-0.2, -0.15) is 5.10 Å². The molecule has 2 unspecified atom stereocenters. The van der Waals surface area contributed by atoms with Crippen LogP contribution in [0.15, 0.2) is 24.3 Å². The van der Waals surface area contributed by atoms with E-state index in [-0.39, 0.29) is 68.4 Å². The summed E-state index contributed by atoms with van der Waals surface area (Å²) in [4.78, 5) is 80.6. The molecule has 270 valence electrons. The van der Waals surface area contributed by atoms with Crippen molar-refractivity contribution < 1.29 is 52.1 Å². The second kappa shape index (κ2) is 15.9. The molecule has 1 aromatic carbocycles. The number of nitrogens with zero attached hydrogens (tertiary/aromatic N) is 5. The van der Waals surface area contributed by atoms with Crippen molar-refractivity contribution in [3.8, 4) is 11.6 Å². The molecule has 3 aliphatic rings. The maximum Gasteiger partial charge on any atom is 0.409 e. The number of halogens is 2. The van der Waals surface area contributed by atoms with Crippen molar-refractivity contribution in [1.82, 2.24) is 35.1 Å². The maximum absolute atomic E-state index is 14.2. The van der Waals surface area contributed by atoms with Crippen molar-refractivity contribution in [3.63, 3.8) is 0 Å². The van der Waals surface area contributed by atoms with Gasteiger partial charge in [0.15, 0.2) is 23.9 Å². The highest BCUT2D eigenvalue weighted by Crippen LogP contribution is 2.25. The SMILES string of the molecule is CCOC(=O)N1CCN(C(=O)C(CCC(=O)O)NC(=O)c2cc(OCC(=O)N3CCCC3C(=O)NC3CC3)n(-c3ccc(F)c(F)c3)n2)CC1. The van der Waals surface area contributed by atoms with Crippen LogP contribution in [0.1, 0.15) is 55.9 Å². The minimum atomic E-state index is -1.29. The van der Waals surface area contributed by atoms with Gasteiger partial charge in [-0.25, -0.2) is 18.3 Å². The molecule has 3 heterocycles. The number of aromatic nitrogens is 2. The van der Waals surface area contributed by atoms with Gasteiger partial charge < -0.3 is 39.9 Å². The van der Waals surface area contributed by atoms with Crippen LogP contribution >= 0.6 is 0 Å². The molecular weight excluding hydrogens is 664 g/mol. The van der Waals surface area contributed by atoms with Gasteiger partial charge >= 0.3 is 12.1 Å². The quantitative estimate of drug-likeness (QED) is 0.272. The molecule has 3 N–H and O–H groups in total. The smallest absolute Gasteiger partial charge is 0.409 e. The van der Waals surface area contributed by atoms with Gasteiger partial charge in [0.25, 0.3) is 11.8 Å². The summed E-state index contributed by atoms with van der Waals surface area (Å²) in [7, 11) is 0.